The molecule has 1 aliphatic rings. The Bertz CT molecular complexity index is 816. The van der Waals surface area contributed by atoms with Crippen LogP contribution < -0.4 is 15.4 Å². The van der Waals surface area contributed by atoms with Crippen LogP contribution in [0.2, 0.25) is 0 Å². The number of nitrogens with one attached hydrogen (secondary N) is 2. The molecule has 1 aliphatic heterocycles. The summed E-state index contributed by atoms with van der Waals surface area (Å²) in [5.41, 5.74) is 1.14. The second-order valence-electron chi connectivity index (χ2n) is 6.98. The van der Waals surface area contributed by atoms with Crippen molar-refractivity contribution in [1.29, 1.82) is 0 Å². The van der Waals surface area contributed by atoms with E-state index in [1.54, 1.807) is 19.2 Å². The van der Waals surface area contributed by atoms with Crippen molar-refractivity contribution in [3.8, 4) is 5.75 Å². The van der Waals surface area contributed by atoms with Gasteiger partial charge in [-0.25, -0.2) is 0 Å². The lowest BCUT2D eigenvalue weighted by Gasteiger charge is -2.35. The van der Waals surface area contributed by atoms with Gasteiger partial charge in [0.2, 0.25) is 5.91 Å². The largest absolute Gasteiger partial charge is 0.497 e. The maximum atomic E-state index is 12.3. The number of likely N-dealkylation sites (tertiary alicyclic amines) is 1. The first-order valence-electron chi connectivity index (χ1n) is 9.75. The Balaban J connectivity index is 1.56. The molecule has 0 spiro atoms. The summed E-state index contributed by atoms with van der Waals surface area (Å²) in [5.74, 6) is 0.310. The number of amides is 2. The molecule has 1 aromatic heterocycles. The smallest absolute Gasteiger partial charge is 0.287 e. The van der Waals surface area contributed by atoms with E-state index in [4.69, 9.17) is 9.15 Å². The van der Waals surface area contributed by atoms with Crippen LogP contribution in [0.5, 0.6) is 5.75 Å². The van der Waals surface area contributed by atoms with Crippen LogP contribution in [0.3, 0.4) is 0 Å². The maximum absolute atomic E-state index is 12.3. The minimum atomic E-state index is -0.423. The van der Waals surface area contributed by atoms with E-state index < -0.39 is 5.91 Å². The predicted molar refractivity (Wildman–Crippen MR) is 113 cm³/mol. The lowest BCUT2D eigenvalue weighted by molar-refractivity contribution is -0.120. The van der Waals surface area contributed by atoms with E-state index in [0.717, 1.165) is 37.2 Å². The van der Waals surface area contributed by atoms with Crippen molar-refractivity contribution < 1.29 is 18.7 Å². The van der Waals surface area contributed by atoms with Crippen LogP contribution in [0, 0.1) is 0 Å². The average Bonchev–Trinajstić information content (AvgIpc) is 3.20. The van der Waals surface area contributed by atoms with Crippen LogP contribution in [-0.2, 0) is 4.79 Å². The first kappa shape index (κ1) is 21.4. The third kappa shape index (κ3) is 6.08. The summed E-state index contributed by atoms with van der Waals surface area (Å²) in [6.07, 6.45) is 3.57. The molecular weight excluding hydrogens is 438 g/mol. The minimum absolute atomic E-state index is 0.0851. The topological polar surface area (TPSA) is 83.8 Å². The Kier molecular flexibility index (Phi) is 7.71. The first-order chi connectivity index (χ1) is 14.1. The molecule has 1 saturated heterocycles. The molecule has 156 valence electrons. The molecular formula is C21H26BrN3O4. The highest BCUT2D eigenvalue weighted by Gasteiger charge is 2.23. The molecule has 2 heterocycles. The van der Waals surface area contributed by atoms with Crippen molar-refractivity contribution in [3.63, 3.8) is 0 Å². The maximum Gasteiger partial charge on any atom is 0.287 e. The molecule has 2 aromatic rings. The van der Waals surface area contributed by atoms with Crippen LogP contribution >= 0.6 is 15.9 Å². The Morgan fingerprint density at radius 3 is 2.45 bits per heavy atom. The molecule has 0 bridgehead atoms. The number of rotatable bonds is 8. The highest BCUT2D eigenvalue weighted by molar-refractivity contribution is 9.10. The van der Waals surface area contributed by atoms with Crippen LogP contribution in [0.15, 0.2) is 45.5 Å². The number of benzene rings is 1. The van der Waals surface area contributed by atoms with Crippen LogP contribution in [0.4, 0.5) is 0 Å². The van der Waals surface area contributed by atoms with Gasteiger partial charge in [-0.15, -0.1) is 0 Å². The third-order valence-corrected chi connectivity index (χ3v) is 5.46. The van der Waals surface area contributed by atoms with Crippen molar-refractivity contribution in [2.45, 2.75) is 25.3 Å². The molecule has 1 unspecified atom stereocenters. The minimum Gasteiger partial charge on any atom is -0.497 e. The SMILES string of the molecule is COc1ccc(C(CNC(=O)CNC(=O)c2ccc(Br)o2)N2CCCCC2)cc1. The summed E-state index contributed by atoms with van der Waals surface area (Å²) in [6.45, 7) is 2.40. The van der Waals surface area contributed by atoms with E-state index >= 15 is 0 Å². The highest BCUT2D eigenvalue weighted by Crippen LogP contribution is 2.25. The summed E-state index contributed by atoms with van der Waals surface area (Å²) < 4.78 is 10.9. The van der Waals surface area contributed by atoms with Gasteiger partial charge in [0.1, 0.15) is 5.75 Å². The lowest BCUT2D eigenvalue weighted by atomic mass is 10.0. The van der Waals surface area contributed by atoms with Crippen LogP contribution in [0.25, 0.3) is 0 Å². The molecule has 0 aliphatic carbocycles. The number of halogens is 1. The average molecular weight is 464 g/mol. The zero-order valence-electron chi connectivity index (χ0n) is 16.4. The molecule has 1 aromatic carbocycles. The fraction of sp³-hybridized carbons (Fsp3) is 0.429. The van der Waals surface area contributed by atoms with Crippen molar-refractivity contribution >= 4 is 27.7 Å². The molecule has 3 rings (SSSR count). The van der Waals surface area contributed by atoms with Gasteiger partial charge in [0.15, 0.2) is 10.4 Å². The van der Waals surface area contributed by atoms with E-state index in [2.05, 4.69) is 31.5 Å². The van der Waals surface area contributed by atoms with E-state index in [9.17, 15) is 9.59 Å². The van der Waals surface area contributed by atoms with Gasteiger partial charge in [0, 0.05) is 6.54 Å². The number of carbonyl (C=O) groups is 2. The number of nitrogens with zero attached hydrogens (tertiary/aromatic N) is 1. The van der Waals surface area contributed by atoms with Crippen molar-refractivity contribution in [3.05, 3.63) is 52.4 Å². The molecule has 2 N–H and O–H groups in total. The Morgan fingerprint density at radius 1 is 1.10 bits per heavy atom. The summed E-state index contributed by atoms with van der Waals surface area (Å²) in [5, 5.41) is 5.53. The van der Waals surface area contributed by atoms with Gasteiger partial charge in [-0.1, -0.05) is 18.6 Å². The number of ether oxygens (including phenoxy) is 1. The van der Waals surface area contributed by atoms with E-state index in [1.807, 2.05) is 24.3 Å². The number of hydrogen-bond donors (Lipinski definition) is 2. The number of hydrogen-bond acceptors (Lipinski definition) is 5. The zero-order valence-corrected chi connectivity index (χ0v) is 18.0. The molecule has 7 nitrogen and oxygen atoms in total. The molecule has 1 atom stereocenters. The molecule has 1 fully saturated rings. The number of carbonyl (C=O) groups excluding carboxylic acids is 2. The summed E-state index contributed by atoms with van der Waals surface area (Å²) in [6, 6.07) is 11.2. The monoisotopic (exact) mass is 463 g/mol. The second kappa shape index (κ2) is 10.5. The van der Waals surface area contributed by atoms with Crippen LogP contribution in [0.1, 0.15) is 41.4 Å². The molecule has 8 heteroatoms. The van der Waals surface area contributed by atoms with Crippen molar-refractivity contribution in [2.75, 3.05) is 33.3 Å². The van der Waals surface area contributed by atoms with E-state index in [-0.39, 0.29) is 24.3 Å². The van der Waals surface area contributed by atoms with Crippen molar-refractivity contribution in [2.24, 2.45) is 0 Å². The van der Waals surface area contributed by atoms with Gasteiger partial charge in [-0.2, -0.15) is 0 Å². The van der Waals surface area contributed by atoms with Gasteiger partial charge in [-0.3, -0.25) is 14.5 Å². The highest BCUT2D eigenvalue weighted by atomic mass is 79.9. The van der Waals surface area contributed by atoms with E-state index in [0.29, 0.717) is 11.2 Å². The molecule has 0 saturated carbocycles. The standard InChI is InChI=1S/C21H26BrN3O4/c1-28-16-7-5-15(6-8-16)17(25-11-3-2-4-12-25)13-23-20(26)14-24-21(27)18-9-10-19(22)29-18/h5-10,17H,2-4,11-14H2,1H3,(H,23,26)(H,24,27). The summed E-state index contributed by atoms with van der Waals surface area (Å²) >= 11 is 3.15. The lowest BCUT2D eigenvalue weighted by Crippen LogP contribution is -2.43. The van der Waals surface area contributed by atoms with Crippen molar-refractivity contribution in [1.82, 2.24) is 15.5 Å². The van der Waals surface area contributed by atoms with Crippen LogP contribution in [-0.4, -0.2) is 50.0 Å². The van der Waals surface area contributed by atoms with Gasteiger partial charge >= 0.3 is 0 Å². The molecule has 29 heavy (non-hydrogen) atoms. The fourth-order valence-corrected chi connectivity index (χ4v) is 3.78. The molecule has 0 radical (unpaired) electrons. The van der Waals surface area contributed by atoms with E-state index in [1.165, 1.54) is 6.42 Å². The predicted octanol–water partition coefficient (Wildman–Crippen LogP) is 3.12. The zero-order chi connectivity index (χ0) is 20.6. The fourth-order valence-electron chi connectivity index (χ4n) is 3.47. The number of furan rings is 1. The third-order valence-electron chi connectivity index (χ3n) is 5.03. The molecule has 2 amide bonds. The van der Waals surface area contributed by atoms with Gasteiger partial charge in [0.25, 0.3) is 5.91 Å². The number of piperidine rings is 1. The van der Waals surface area contributed by atoms with Gasteiger partial charge in [0.05, 0.1) is 19.7 Å². The first-order valence-corrected chi connectivity index (χ1v) is 10.5. The summed E-state index contributed by atoms with van der Waals surface area (Å²) in [4.78, 5) is 26.7. The Morgan fingerprint density at radius 2 is 1.83 bits per heavy atom. The Labute approximate surface area is 178 Å². The normalized spacial score (nSPS) is 15.5. The second-order valence-corrected chi connectivity index (χ2v) is 7.76. The summed E-state index contributed by atoms with van der Waals surface area (Å²) in [7, 11) is 1.65. The van der Waals surface area contributed by atoms with Gasteiger partial charge < -0.3 is 19.8 Å². The quantitative estimate of drug-likeness (QED) is 0.628. The Hall–Kier alpha value is -2.32. The van der Waals surface area contributed by atoms with Gasteiger partial charge in [-0.05, 0) is 71.7 Å². The number of methoxy groups -OCH3 is 1.